The van der Waals surface area contributed by atoms with E-state index in [4.69, 9.17) is 0 Å². The van der Waals surface area contributed by atoms with Crippen LogP contribution in [-0.4, -0.2) is 31.8 Å². The fourth-order valence-electron chi connectivity index (χ4n) is 2.30. The molecule has 0 saturated carbocycles. The first-order valence-corrected chi connectivity index (χ1v) is 6.31. The minimum Gasteiger partial charge on any atom is -0.343 e. The summed E-state index contributed by atoms with van der Waals surface area (Å²) in [5.74, 6) is 0.707. The molecule has 0 bridgehead atoms. The number of aryl methyl sites for hydroxylation is 2. The lowest BCUT2D eigenvalue weighted by Gasteiger charge is -2.19. The molecule has 0 aromatic carbocycles. The van der Waals surface area contributed by atoms with Gasteiger partial charge in [0.25, 0.3) is 5.56 Å². The van der Waals surface area contributed by atoms with Gasteiger partial charge in [0.05, 0.1) is 0 Å². The van der Waals surface area contributed by atoms with Crippen molar-refractivity contribution in [1.82, 2.24) is 18.7 Å². The van der Waals surface area contributed by atoms with Crippen LogP contribution in [0.25, 0.3) is 11.2 Å². The molecule has 2 heterocycles. The molecule has 0 fully saturated rings. The molecule has 19 heavy (non-hydrogen) atoms. The molecule has 104 valence electrons. The minimum absolute atomic E-state index is 0.313. The molecule has 7 nitrogen and oxygen atoms in total. The fourth-order valence-corrected chi connectivity index (χ4v) is 2.30. The second-order valence-electron chi connectivity index (χ2n) is 4.52. The van der Waals surface area contributed by atoms with Crippen molar-refractivity contribution in [2.24, 2.45) is 21.1 Å². The molecular formula is C12H19N5O2. The van der Waals surface area contributed by atoms with Gasteiger partial charge in [-0.2, -0.15) is 4.98 Å². The first kappa shape index (κ1) is 13.4. The topological polar surface area (TPSA) is 65.1 Å². The molecule has 0 aliphatic rings. The third-order valence-corrected chi connectivity index (χ3v) is 3.50. The molecule has 0 spiro atoms. The molecule has 0 N–H and O–H groups in total. The van der Waals surface area contributed by atoms with Gasteiger partial charge in [0, 0.05) is 34.2 Å². The normalized spacial score (nSPS) is 11.2. The van der Waals surface area contributed by atoms with Crippen LogP contribution in [0.3, 0.4) is 0 Å². The number of fused-ring (bicyclic) bond motifs is 1. The van der Waals surface area contributed by atoms with E-state index in [2.05, 4.69) is 4.98 Å². The van der Waals surface area contributed by atoms with Crippen LogP contribution in [0.15, 0.2) is 9.59 Å². The maximum atomic E-state index is 12.2. The van der Waals surface area contributed by atoms with Crippen molar-refractivity contribution in [3.05, 3.63) is 20.8 Å². The van der Waals surface area contributed by atoms with Crippen LogP contribution in [0.5, 0.6) is 0 Å². The van der Waals surface area contributed by atoms with Crippen molar-refractivity contribution in [3.63, 3.8) is 0 Å². The Hall–Kier alpha value is -2.05. The summed E-state index contributed by atoms with van der Waals surface area (Å²) in [4.78, 5) is 30.6. The van der Waals surface area contributed by atoms with Gasteiger partial charge in [-0.1, -0.05) is 0 Å². The van der Waals surface area contributed by atoms with E-state index in [9.17, 15) is 9.59 Å². The van der Waals surface area contributed by atoms with Crippen molar-refractivity contribution in [1.29, 1.82) is 0 Å². The minimum atomic E-state index is -0.360. The van der Waals surface area contributed by atoms with Gasteiger partial charge in [-0.05, 0) is 13.8 Å². The summed E-state index contributed by atoms with van der Waals surface area (Å²) < 4.78 is 4.27. The Morgan fingerprint density at radius 3 is 2.11 bits per heavy atom. The number of hydrogen-bond donors (Lipinski definition) is 0. The highest BCUT2D eigenvalue weighted by Gasteiger charge is 2.19. The van der Waals surface area contributed by atoms with Crippen LogP contribution >= 0.6 is 0 Å². The summed E-state index contributed by atoms with van der Waals surface area (Å²) in [7, 11) is 4.91. The summed E-state index contributed by atoms with van der Waals surface area (Å²) in [6, 6.07) is 0. The van der Waals surface area contributed by atoms with Crippen molar-refractivity contribution in [2.75, 3.05) is 18.0 Å². The first-order chi connectivity index (χ1) is 8.93. The van der Waals surface area contributed by atoms with E-state index in [-0.39, 0.29) is 11.2 Å². The summed E-state index contributed by atoms with van der Waals surface area (Å²) in [5.41, 5.74) is 0.206. The maximum Gasteiger partial charge on any atom is 0.332 e. The van der Waals surface area contributed by atoms with E-state index in [1.54, 1.807) is 18.7 Å². The van der Waals surface area contributed by atoms with E-state index in [0.29, 0.717) is 17.1 Å². The maximum absolute atomic E-state index is 12.2. The summed E-state index contributed by atoms with van der Waals surface area (Å²) in [6.45, 7) is 5.64. The number of aromatic nitrogens is 4. The largest absolute Gasteiger partial charge is 0.343 e. The van der Waals surface area contributed by atoms with Gasteiger partial charge in [0.2, 0.25) is 5.95 Å². The second kappa shape index (κ2) is 4.56. The van der Waals surface area contributed by atoms with Crippen LogP contribution in [0.1, 0.15) is 13.8 Å². The molecule has 2 rings (SSSR count). The summed E-state index contributed by atoms with van der Waals surface area (Å²) in [5, 5.41) is 0. The van der Waals surface area contributed by atoms with Gasteiger partial charge in [0.1, 0.15) is 0 Å². The number of hydrogen-bond acceptors (Lipinski definition) is 4. The highest BCUT2D eigenvalue weighted by molar-refractivity contribution is 5.74. The zero-order valence-electron chi connectivity index (χ0n) is 12.0. The standard InChI is InChI=1S/C12H19N5O2/c1-6-17(7-2)11-13-9-8(14(11)3)10(18)16(5)12(19)15(9)4/h6-7H2,1-5H3. The molecule has 0 unspecified atom stereocenters. The molecular weight excluding hydrogens is 246 g/mol. The Morgan fingerprint density at radius 1 is 1.00 bits per heavy atom. The van der Waals surface area contributed by atoms with Crippen molar-refractivity contribution >= 4 is 17.1 Å². The molecule has 2 aromatic rings. The fraction of sp³-hybridized carbons (Fsp3) is 0.583. The molecule has 0 radical (unpaired) electrons. The monoisotopic (exact) mass is 265 g/mol. The molecule has 2 aromatic heterocycles. The van der Waals surface area contributed by atoms with Crippen LogP contribution in [0.4, 0.5) is 5.95 Å². The highest BCUT2D eigenvalue weighted by Crippen LogP contribution is 2.17. The highest BCUT2D eigenvalue weighted by atomic mass is 16.2. The SMILES string of the molecule is CCN(CC)c1nc2c(c(=O)n(C)c(=O)n2C)n1C. The Balaban J connectivity index is 2.92. The number of anilines is 1. The van der Waals surface area contributed by atoms with Gasteiger partial charge in [-0.15, -0.1) is 0 Å². The second-order valence-corrected chi connectivity index (χ2v) is 4.52. The average molecular weight is 265 g/mol. The average Bonchev–Trinajstić information content (AvgIpc) is 2.74. The van der Waals surface area contributed by atoms with Gasteiger partial charge >= 0.3 is 5.69 Å². The van der Waals surface area contributed by atoms with Crippen LogP contribution < -0.4 is 16.1 Å². The molecule has 0 aliphatic heterocycles. The lowest BCUT2D eigenvalue weighted by Crippen LogP contribution is -2.37. The van der Waals surface area contributed by atoms with E-state index >= 15 is 0 Å². The first-order valence-electron chi connectivity index (χ1n) is 6.31. The Kier molecular flexibility index (Phi) is 3.21. The number of nitrogens with zero attached hydrogens (tertiary/aromatic N) is 5. The predicted octanol–water partition coefficient (Wildman–Crippen LogP) is -0.183. The molecule has 0 aliphatic carbocycles. The van der Waals surface area contributed by atoms with Gasteiger partial charge in [-0.25, -0.2) is 4.79 Å². The lowest BCUT2D eigenvalue weighted by atomic mass is 10.5. The summed E-state index contributed by atoms with van der Waals surface area (Å²) >= 11 is 0. The molecule has 7 heteroatoms. The van der Waals surface area contributed by atoms with E-state index in [1.165, 1.54) is 11.6 Å². The number of imidazole rings is 1. The van der Waals surface area contributed by atoms with Gasteiger partial charge < -0.3 is 9.47 Å². The van der Waals surface area contributed by atoms with Gasteiger partial charge in [0.15, 0.2) is 11.2 Å². The third-order valence-electron chi connectivity index (χ3n) is 3.50. The lowest BCUT2D eigenvalue weighted by molar-refractivity contribution is 0.705. The van der Waals surface area contributed by atoms with E-state index in [1.807, 2.05) is 18.7 Å². The zero-order chi connectivity index (χ0) is 14.3. The van der Waals surface area contributed by atoms with Crippen molar-refractivity contribution in [3.8, 4) is 0 Å². The quantitative estimate of drug-likeness (QED) is 0.772. The van der Waals surface area contributed by atoms with E-state index in [0.717, 1.165) is 17.7 Å². The molecule has 0 amide bonds. The Morgan fingerprint density at radius 2 is 1.58 bits per heavy atom. The van der Waals surface area contributed by atoms with Crippen LogP contribution in [0.2, 0.25) is 0 Å². The number of rotatable bonds is 3. The van der Waals surface area contributed by atoms with E-state index < -0.39 is 0 Å². The van der Waals surface area contributed by atoms with Crippen LogP contribution in [0, 0.1) is 0 Å². The van der Waals surface area contributed by atoms with Crippen molar-refractivity contribution < 1.29 is 0 Å². The molecule has 0 saturated heterocycles. The Labute approximate surface area is 110 Å². The predicted molar refractivity (Wildman–Crippen MR) is 74.8 cm³/mol. The Bertz CT molecular complexity index is 733. The summed E-state index contributed by atoms with van der Waals surface area (Å²) in [6.07, 6.45) is 0. The zero-order valence-corrected chi connectivity index (χ0v) is 12.0. The molecule has 0 atom stereocenters. The smallest absolute Gasteiger partial charge is 0.332 e. The van der Waals surface area contributed by atoms with Crippen molar-refractivity contribution in [2.45, 2.75) is 13.8 Å². The third kappa shape index (κ3) is 1.76. The van der Waals surface area contributed by atoms with Crippen LogP contribution in [-0.2, 0) is 21.1 Å². The van der Waals surface area contributed by atoms with Gasteiger partial charge in [-0.3, -0.25) is 13.9 Å².